The van der Waals surface area contributed by atoms with Gasteiger partial charge in [-0.2, -0.15) is 0 Å². The quantitative estimate of drug-likeness (QED) is 0.870. The van der Waals surface area contributed by atoms with E-state index in [4.69, 9.17) is 5.73 Å². The number of aliphatic hydroxyl groups is 1. The van der Waals surface area contributed by atoms with Crippen molar-refractivity contribution in [2.75, 3.05) is 25.4 Å². The van der Waals surface area contributed by atoms with Crippen molar-refractivity contribution in [2.45, 2.75) is 44.6 Å². The van der Waals surface area contributed by atoms with Crippen LogP contribution in [0.15, 0.2) is 18.3 Å². The average molecular weight is 263 g/mol. The third-order valence-electron chi connectivity index (χ3n) is 3.93. The molecule has 1 atom stereocenters. The lowest BCUT2D eigenvalue weighted by atomic mass is 9.88. The number of hydrogen-bond acceptors (Lipinski definition) is 4. The van der Waals surface area contributed by atoms with Crippen molar-refractivity contribution in [3.63, 3.8) is 0 Å². The van der Waals surface area contributed by atoms with E-state index in [1.807, 2.05) is 12.1 Å². The van der Waals surface area contributed by atoms with E-state index >= 15 is 0 Å². The fourth-order valence-corrected chi connectivity index (χ4v) is 2.94. The molecule has 2 rings (SSSR count). The molecular formula is C15H25N3O. The molecule has 0 radical (unpaired) electrons. The third-order valence-corrected chi connectivity index (χ3v) is 3.93. The molecule has 3 N–H and O–H groups in total. The van der Waals surface area contributed by atoms with Gasteiger partial charge in [0.25, 0.3) is 0 Å². The molecule has 0 saturated carbocycles. The summed E-state index contributed by atoms with van der Waals surface area (Å²) in [6.45, 7) is 5.44. The number of pyridine rings is 1. The van der Waals surface area contributed by atoms with Gasteiger partial charge in [0.05, 0.1) is 5.60 Å². The van der Waals surface area contributed by atoms with Gasteiger partial charge in [-0.3, -0.25) is 0 Å². The Hall–Kier alpha value is -1.13. The minimum Gasteiger partial charge on any atom is -0.389 e. The maximum absolute atomic E-state index is 10.8. The van der Waals surface area contributed by atoms with Gasteiger partial charge in [0.15, 0.2) is 0 Å². The van der Waals surface area contributed by atoms with Crippen LogP contribution in [0.2, 0.25) is 0 Å². The lowest BCUT2D eigenvalue weighted by molar-refractivity contribution is 0.0257. The van der Waals surface area contributed by atoms with Crippen molar-refractivity contribution >= 4 is 5.82 Å². The summed E-state index contributed by atoms with van der Waals surface area (Å²) in [4.78, 5) is 6.46. The van der Waals surface area contributed by atoms with E-state index in [9.17, 15) is 5.11 Å². The normalized spacial score (nSPS) is 25.2. The van der Waals surface area contributed by atoms with Crippen LogP contribution in [0.25, 0.3) is 0 Å². The van der Waals surface area contributed by atoms with Crippen LogP contribution in [0.5, 0.6) is 0 Å². The highest BCUT2D eigenvalue weighted by molar-refractivity contribution is 5.32. The highest BCUT2D eigenvalue weighted by Crippen LogP contribution is 2.26. The number of aromatic nitrogens is 1. The van der Waals surface area contributed by atoms with Gasteiger partial charge in [-0.1, -0.05) is 6.92 Å². The van der Waals surface area contributed by atoms with Crippen molar-refractivity contribution in [3.8, 4) is 0 Å². The van der Waals surface area contributed by atoms with Crippen molar-refractivity contribution in [1.82, 2.24) is 9.88 Å². The molecular weight excluding hydrogens is 238 g/mol. The molecule has 106 valence electrons. The number of hydrogen-bond donors (Lipinski definition) is 2. The van der Waals surface area contributed by atoms with E-state index in [-0.39, 0.29) is 0 Å². The topological polar surface area (TPSA) is 62.4 Å². The lowest BCUT2D eigenvalue weighted by Crippen LogP contribution is -2.33. The zero-order valence-corrected chi connectivity index (χ0v) is 11.8. The predicted molar refractivity (Wildman–Crippen MR) is 77.9 cm³/mol. The molecule has 19 heavy (non-hydrogen) atoms. The van der Waals surface area contributed by atoms with Gasteiger partial charge in [0.2, 0.25) is 0 Å². The second kappa shape index (κ2) is 6.35. The van der Waals surface area contributed by atoms with Gasteiger partial charge >= 0.3 is 0 Å². The van der Waals surface area contributed by atoms with Gasteiger partial charge < -0.3 is 15.7 Å². The number of rotatable bonds is 4. The van der Waals surface area contributed by atoms with Gasteiger partial charge in [0, 0.05) is 19.2 Å². The second-order valence-corrected chi connectivity index (χ2v) is 5.69. The van der Waals surface area contributed by atoms with Gasteiger partial charge in [-0.15, -0.1) is 0 Å². The van der Waals surface area contributed by atoms with Crippen LogP contribution in [0.1, 0.15) is 38.2 Å². The molecule has 1 fully saturated rings. The first-order valence-electron chi connectivity index (χ1n) is 7.26. The van der Waals surface area contributed by atoms with E-state index in [1.54, 1.807) is 6.20 Å². The van der Waals surface area contributed by atoms with Crippen molar-refractivity contribution in [1.29, 1.82) is 0 Å². The zero-order chi connectivity index (χ0) is 13.7. The Morgan fingerprint density at radius 3 is 3.00 bits per heavy atom. The summed E-state index contributed by atoms with van der Waals surface area (Å²) in [5.41, 5.74) is 6.19. The summed E-state index contributed by atoms with van der Waals surface area (Å²) in [5.74, 6) is 0.530. The van der Waals surface area contributed by atoms with Crippen LogP contribution in [0, 0.1) is 0 Å². The molecule has 4 nitrogen and oxygen atoms in total. The minimum absolute atomic E-state index is 0.530. The van der Waals surface area contributed by atoms with E-state index < -0.39 is 5.60 Å². The summed E-state index contributed by atoms with van der Waals surface area (Å²) >= 11 is 0. The van der Waals surface area contributed by atoms with Crippen LogP contribution < -0.4 is 5.73 Å². The highest BCUT2D eigenvalue weighted by Gasteiger charge is 2.30. The number of nitrogen functional groups attached to an aromatic ring is 1. The van der Waals surface area contributed by atoms with Gasteiger partial charge in [-0.25, -0.2) is 4.98 Å². The van der Waals surface area contributed by atoms with Crippen molar-refractivity contribution in [3.05, 3.63) is 23.9 Å². The molecule has 0 bridgehead atoms. The highest BCUT2D eigenvalue weighted by atomic mass is 16.3. The second-order valence-electron chi connectivity index (χ2n) is 5.69. The number of likely N-dealkylation sites (tertiary alicyclic amines) is 1. The number of nitrogens with zero attached hydrogens (tertiary/aromatic N) is 2. The van der Waals surface area contributed by atoms with Crippen LogP contribution in [0.3, 0.4) is 0 Å². The fraction of sp³-hybridized carbons (Fsp3) is 0.667. The smallest absolute Gasteiger partial charge is 0.123 e. The maximum Gasteiger partial charge on any atom is 0.123 e. The third kappa shape index (κ3) is 4.18. The molecule has 0 amide bonds. The van der Waals surface area contributed by atoms with Crippen LogP contribution in [-0.4, -0.2) is 40.2 Å². The van der Waals surface area contributed by atoms with E-state index in [0.29, 0.717) is 12.2 Å². The molecule has 1 saturated heterocycles. The molecule has 1 aromatic rings. The Balaban J connectivity index is 1.98. The molecule has 1 unspecified atom stereocenters. The minimum atomic E-state index is -0.587. The van der Waals surface area contributed by atoms with E-state index in [1.165, 1.54) is 6.42 Å². The lowest BCUT2D eigenvalue weighted by Gasteiger charge is -2.27. The first-order chi connectivity index (χ1) is 9.11. The predicted octanol–water partition coefficient (Wildman–Crippen LogP) is 1.83. The Morgan fingerprint density at radius 1 is 1.42 bits per heavy atom. The summed E-state index contributed by atoms with van der Waals surface area (Å²) in [5, 5.41) is 10.8. The zero-order valence-electron chi connectivity index (χ0n) is 11.8. The molecule has 2 heterocycles. The summed E-state index contributed by atoms with van der Waals surface area (Å²) < 4.78 is 0. The molecule has 1 aliphatic rings. The Labute approximate surface area is 115 Å². The summed E-state index contributed by atoms with van der Waals surface area (Å²) in [6.07, 6.45) is 6.36. The molecule has 0 aromatic carbocycles. The van der Waals surface area contributed by atoms with Crippen LogP contribution in [-0.2, 0) is 6.42 Å². The summed E-state index contributed by atoms with van der Waals surface area (Å²) in [6, 6.07) is 3.82. The number of nitrogens with two attached hydrogens (primary N) is 1. The fourth-order valence-electron chi connectivity index (χ4n) is 2.94. The Morgan fingerprint density at radius 2 is 2.26 bits per heavy atom. The standard InChI is InChI=1S/C15H25N3O/c1-2-8-18-9-3-5-15(19,6-10-18)12-13-4-7-17-14(16)11-13/h4,7,11,19H,2-3,5-6,8-10,12H2,1H3,(H2,16,17). The SMILES string of the molecule is CCCN1CCCC(O)(Cc2ccnc(N)c2)CC1. The van der Waals surface area contributed by atoms with E-state index in [2.05, 4.69) is 16.8 Å². The molecule has 4 heteroatoms. The molecule has 1 aromatic heterocycles. The molecule has 0 aliphatic carbocycles. The molecule has 0 spiro atoms. The largest absolute Gasteiger partial charge is 0.389 e. The van der Waals surface area contributed by atoms with Crippen LogP contribution in [0.4, 0.5) is 5.82 Å². The van der Waals surface area contributed by atoms with E-state index in [0.717, 1.165) is 44.5 Å². The monoisotopic (exact) mass is 263 g/mol. The Kier molecular flexibility index (Phi) is 4.77. The average Bonchev–Trinajstić information content (AvgIpc) is 2.53. The molecule has 1 aliphatic heterocycles. The Bertz CT molecular complexity index is 410. The summed E-state index contributed by atoms with van der Waals surface area (Å²) in [7, 11) is 0. The van der Waals surface area contributed by atoms with Crippen LogP contribution >= 0.6 is 0 Å². The van der Waals surface area contributed by atoms with Crippen molar-refractivity contribution < 1.29 is 5.11 Å². The maximum atomic E-state index is 10.8. The first kappa shape index (κ1) is 14.3. The van der Waals surface area contributed by atoms with Gasteiger partial charge in [0.1, 0.15) is 5.82 Å². The van der Waals surface area contributed by atoms with Crippen molar-refractivity contribution in [2.24, 2.45) is 0 Å². The van der Waals surface area contributed by atoms with Gasteiger partial charge in [-0.05, 0) is 56.5 Å². The number of anilines is 1. The first-order valence-corrected chi connectivity index (χ1v) is 7.26.